The zero-order valence-corrected chi connectivity index (χ0v) is 11.3. The molecule has 1 rings (SSSR count). The molecule has 5 N–H and O–H groups in total. The Morgan fingerprint density at radius 3 is 2.55 bits per heavy atom. The first-order valence-electron chi connectivity index (χ1n) is 6.31. The van der Waals surface area contributed by atoms with Crippen molar-refractivity contribution in [3.63, 3.8) is 0 Å². The lowest BCUT2D eigenvalue weighted by Gasteiger charge is -2.26. The second kappa shape index (κ2) is 7.78. The predicted octanol–water partition coefficient (Wildman–Crippen LogP) is 0.0215. The standard InChI is InChI=1S/C13H20FN3O3/c1-9(17(4-6-18)5-7-19)13(20)16-12-8-10(15)2-3-11(12)14/h2-3,8-9,18-19H,4-7,15H2,1H3,(H,16,20). The number of anilines is 2. The molecular weight excluding hydrogens is 265 g/mol. The largest absolute Gasteiger partial charge is 0.399 e. The molecule has 0 aliphatic carbocycles. The number of hydrogen-bond acceptors (Lipinski definition) is 5. The van der Waals surface area contributed by atoms with Crippen LogP contribution >= 0.6 is 0 Å². The number of nitrogens with two attached hydrogens (primary N) is 1. The van der Waals surface area contributed by atoms with Gasteiger partial charge in [0.2, 0.25) is 5.91 Å². The Morgan fingerprint density at radius 1 is 1.40 bits per heavy atom. The number of hydrogen-bond donors (Lipinski definition) is 4. The topological polar surface area (TPSA) is 98.8 Å². The summed E-state index contributed by atoms with van der Waals surface area (Å²) >= 11 is 0. The van der Waals surface area contributed by atoms with Crippen molar-refractivity contribution in [3.8, 4) is 0 Å². The van der Waals surface area contributed by atoms with Crippen molar-refractivity contribution in [1.29, 1.82) is 0 Å². The highest BCUT2D eigenvalue weighted by Crippen LogP contribution is 2.18. The highest BCUT2D eigenvalue weighted by atomic mass is 19.1. The number of nitrogens with zero attached hydrogens (tertiary/aromatic N) is 1. The second-order valence-corrected chi connectivity index (χ2v) is 4.39. The first-order valence-corrected chi connectivity index (χ1v) is 6.31. The van der Waals surface area contributed by atoms with Crippen molar-refractivity contribution < 1.29 is 19.4 Å². The zero-order valence-electron chi connectivity index (χ0n) is 11.3. The van der Waals surface area contributed by atoms with E-state index in [1.54, 1.807) is 11.8 Å². The maximum Gasteiger partial charge on any atom is 0.241 e. The number of carbonyl (C=O) groups is 1. The van der Waals surface area contributed by atoms with Crippen LogP contribution in [0, 0.1) is 5.82 Å². The van der Waals surface area contributed by atoms with Crippen molar-refractivity contribution in [3.05, 3.63) is 24.0 Å². The Balaban J connectivity index is 2.75. The fourth-order valence-electron chi connectivity index (χ4n) is 1.80. The van der Waals surface area contributed by atoms with Gasteiger partial charge in [0.05, 0.1) is 24.9 Å². The molecule has 0 aliphatic heterocycles. The molecule has 0 fully saturated rings. The number of aliphatic hydroxyl groups is 2. The van der Waals surface area contributed by atoms with Gasteiger partial charge in [-0.05, 0) is 25.1 Å². The molecule has 20 heavy (non-hydrogen) atoms. The van der Waals surface area contributed by atoms with Crippen molar-refractivity contribution in [2.45, 2.75) is 13.0 Å². The van der Waals surface area contributed by atoms with Crippen LogP contribution in [0.4, 0.5) is 15.8 Å². The predicted molar refractivity (Wildman–Crippen MR) is 74.6 cm³/mol. The van der Waals surface area contributed by atoms with Gasteiger partial charge in [-0.25, -0.2) is 4.39 Å². The van der Waals surface area contributed by atoms with Crippen molar-refractivity contribution in [1.82, 2.24) is 4.90 Å². The van der Waals surface area contributed by atoms with Gasteiger partial charge >= 0.3 is 0 Å². The molecular formula is C13H20FN3O3. The summed E-state index contributed by atoms with van der Waals surface area (Å²) in [6, 6.07) is 3.30. The van der Waals surface area contributed by atoms with E-state index in [0.29, 0.717) is 5.69 Å². The smallest absolute Gasteiger partial charge is 0.241 e. The van der Waals surface area contributed by atoms with Gasteiger partial charge in [0, 0.05) is 18.8 Å². The van der Waals surface area contributed by atoms with Gasteiger partial charge in [0.1, 0.15) is 5.82 Å². The molecule has 112 valence electrons. The lowest BCUT2D eigenvalue weighted by Crippen LogP contribution is -2.44. The first kappa shape index (κ1) is 16.4. The van der Waals surface area contributed by atoms with E-state index in [0.717, 1.165) is 0 Å². The summed E-state index contributed by atoms with van der Waals surface area (Å²) in [5.74, 6) is -1.01. The summed E-state index contributed by atoms with van der Waals surface area (Å²) in [6.45, 7) is 1.84. The molecule has 0 saturated carbocycles. The average molecular weight is 285 g/mol. The maximum atomic E-state index is 13.5. The molecule has 1 aromatic carbocycles. The van der Waals surface area contributed by atoms with Crippen LogP contribution in [0.5, 0.6) is 0 Å². The van der Waals surface area contributed by atoms with Gasteiger partial charge in [-0.3, -0.25) is 9.69 Å². The summed E-state index contributed by atoms with van der Waals surface area (Å²) in [5.41, 5.74) is 5.89. The first-order chi connectivity index (χ1) is 9.49. The number of benzene rings is 1. The van der Waals surface area contributed by atoms with E-state index in [9.17, 15) is 9.18 Å². The summed E-state index contributed by atoms with van der Waals surface area (Å²) in [6.07, 6.45) is 0. The normalized spacial score (nSPS) is 12.4. The monoisotopic (exact) mass is 285 g/mol. The Hall–Kier alpha value is -1.70. The van der Waals surface area contributed by atoms with Gasteiger partial charge in [0.25, 0.3) is 0 Å². The number of nitrogen functional groups attached to an aromatic ring is 1. The molecule has 1 unspecified atom stereocenters. The van der Waals surface area contributed by atoms with Gasteiger partial charge in [-0.15, -0.1) is 0 Å². The van der Waals surface area contributed by atoms with Crippen LogP contribution in [0.25, 0.3) is 0 Å². The maximum absolute atomic E-state index is 13.5. The third-order valence-electron chi connectivity index (χ3n) is 2.95. The quantitative estimate of drug-likeness (QED) is 0.529. The highest BCUT2D eigenvalue weighted by molar-refractivity contribution is 5.95. The molecule has 0 heterocycles. The lowest BCUT2D eigenvalue weighted by atomic mass is 10.2. The minimum atomic E-state index is -0.616. The number of nitrogens with one attached hydrogen (secondary N) is 1. The third kappa shape index (κ3) is 4.44. The van der Waals surface area contributed by atoms with Crippen LogP contribution < -0.4 is 11.1 Å². The van der Waals surface area contributed by atoms with Crippen molar-refractivity contribution >= 4 is 17.3 Å². The fourth-order valence-corrected chi connectivity index (χ4v) is 1.80. The fraction of sp³-hybridized carbons (Fsp3) is 0.462. The van der Waals surface area contributed by atoms with Crippen LogP contribution in [-0.4, -0.2) is 53.4 Å². The van der Waals surface area contributed by atoms with Crippen LogP contribution in [0.2, 0.25) is 0 Å². The molecule has 1 aromatic rings. The molecule has 0 saturated heterocycles. The molecule has 1 atom stereocenters. The molecule has 0 aliphatic rings. The second-order valence-electron chi connectivity index (χ2n) is 4.39. The Bertz CT molecular complexity index is 450. The number of amides is 1. The molecule has 0 spiro atoms. The van der Waals surface area contributed by atoms with E-state index in [1.807, 2.05) is 0 Å². The van der Waals surface area contributed by atoms with Crippen LogP contribution in [0.1, 0.15) is 6.92 Å². The van der Waals surface area contributed by atoms with Crippen molar-refractivity contribution in [2.24, 2.45) is 0 Å². The van der Waals surface area contributed by atoms with Crippen LogP contribution in [0.15, 0.2) is 18.2 Å². The number of halogens is 1. The van der Waals surface area contributed by atoms with Crippen LogP contribution in [-0.2, 0) is 4.79 Å². The summed E-state index contributed by atoms with van der Waals surface area (Å²) in [4.78, 5) is 13.6. The van der Waals surface area contributed by atoms with Gasteiger partial charge in [-0.1, -0.05) is 0 Å². The van der Waals surface area contributed by atoms with E-state index in [1.165, 1.54) is 18.2 Å². The Morgan fingerprint density at radius 2 is 2.00 bits per heavy atom. The molecule has 6 nitrogen and oxygen atoms in total. The summed E-state index contributed by atoms with van der Waals surface area (Å²) in [5, 5.41) is 20.3. The number of carbonyl (C=O) groups excluding carboxylic acids is 1. The van der Waals surface area contributed by atoms with Crippen molar-refractivity contribution in [2.75, 3.05) is 37.4 Å². The van der Waals surface area contributed by atoms with E-state index >= 15 is 0 Å². The average Bonchev–Trinajstić information content (AvgIpc) is 2.41. The Labute approximate surface area is 117 Å². The number of aliphatic hydroxyl groups excluding tert-OH is 2. The van der Waals surface area contributed by atoms with Gasteiger partial charge in [-0.2, -0.15) is 0 Å². The molecule has 7 heteroatoms. The SMILES string of the molecule is CC(C(=O)Nc1cc(N)ccc1F)N(CCO)CCO. The summed E-state index contributed by atoms with van der Waals surface area (Å²) < 4.78 is 13.5. The molecule has 0 bridgehead atoms. The summed E-state index contributed by atoms with van der Waals surface area (Å²) in [7, 11) is 0. The van der Waals surface area contributed by atoms with E-state index in [2.05, 4.69) is 5.32 Å². The Kier molecular flexibility index (Phi) is 6.37. The molecule has 1 amide bonds. The minimum absolute atomic E-state index is 0.00907. The molecule has 0 radical (unpaired) electrons. The van der Waals surface area contributed by atoms with E-state index < -0.39 is 17.8 Å². The number of rotatable bonds is 7. The third-order valence-corrected chi connectivity index (χ3v) is 2.95. The van der Waals surface area contributed by atoms with Gasteiger partial charge < -0.3 is 21.3 Å². The van der Waals surface area contributed by atoms with Crippen LogP contribution in [0.3, 0.4) is 0 Å². The highest BCUT2D eigenvalue weighted by Gasteiger charge is 2.21. The van der Waals surface area contributed by atoms with E-state index in [-0.39, 0.29) is 32.0 Å². The van der Waals surface area contributed by atoms with Gasteiger partial charge in [0.15, 0.2) is 0 Å². The van der Waals surface area contributed by atoms with E-state index in [4.69, 9.17) is 15.9 Å². The minimum Gasteiger partial charge on any atom is -0.399 e. The lowest BCUT2D eigenvalue weighted by molar-refractivity contribution is -0.121. The molecule has 0 aromatic heterocycles. The zero-order chi connectivity index (χ0) is 15.1.